The molecule has 1 saturated carbocycles. The molecule has 0 aliphatic heterocycles. The number of hydrogen-bond acceptors (Lipinski definition) is 1. The summed E-state index contributed by atoms with van der Waals surface area (Å²) in [5, 5.41) is 4.58. The van der Waals surface area contributed by atoms with Crippen molar-refractivity contribution in [2.75, 3.05) is 0 Å². The lowest BCUT2D eigenvalue weighted by molar-refractivity contribution is 0.152. The highest BCUT2D eigenvalue weighted by atomic mass is 35.5. The number of allylic oxidation sites excluding steroid dienone is 1. The molecule has 0 radical (unpaired) electrons. The van der Waals surface area contributed by atoms with Crippen LogP contribution in [0.25, 0.3) is 0 Å². The lowest BCUT2D eigenvalue weighted by Gasteiger charge is -2.42. The van der Waals surface area contributed by atoms with Crippen LogP contribution in [0.1, 0.15) is 31.4 Å². The zero-order valence-electron chi connectivity index (χ0n) is 10.1. The molecule has 2 aliphatic rings. The fourth-order valence-electron chi connectivity index (χ4n) is 3.14. The van der Waals surface area contributed by atoms with Crippen LogP contribution in [0.3, 0.4) is 0 Å². The Morgan fingerprint density at radius 3 is 2.94 bits per heavy atom. The number of benzene rings is 1. The van der Waals surface area contributed by atoms with E-state index in [1.165, 1.54) is 18.4 Å². The van der Waals surface area contributed by atoms with Crippen molar-refractivity contribution in [3.05, 3.63) is 47.0 Å². The van der Waals surface area contributed by atoms with Crippen LogP contribution in [0.15, 0.2) is 36.4 Å². The molecular formula is C15H18ClN. The topological polar surface area (TPSA) is 12.0 Å². The van der Waals surface area contributed by atoms with Gasteiger partial charge in [-0.25, -0.2) is 0 Å². The average Bonchev–Trinajstić information content (AvgIpc) is 2.68. The van der Waals surface area contributed by atoms with Gasteiger partial charge in [0.1, 0.15) is 0 Å². The van der Waals surface area contributed by atoms with Gasteiger partial charge in [-0.3, -0.25) is 0 Å². The van der Waals surface area contributed by atoms with Crippen LogP contribution in [-0.4, -0.2) is 6.04 Å². The summed E-state index contributed by atoms with van der Waals surface area (Å²) in [5.74, 6) is 1.67. The van der Waals surface area contributed by atoms with Gasteiger partial charge in [-0.1, -0.05) is 42.0 Å². The molecule has 1 aromatic carbocycles. The van der Waals surface area contributed by atoms with Gasteiger partial charge in [0.25, 0.3) is 0 Å². The van der Waals surface area contributed by atoms with Crippen molar-refractivity contribution in [1.82, 2.24) is 5.32 Å². The molecule has 2 aliphatic carbocycles. The van der Waals surface area contributed by atoms with Crippen LogP contribution >= 0.6 is 11.6 Å². The molecule has 0 spiro atoms. The van der Waals surface area contributed by atoms with E-state index in [-0.39, 0.29) is 0 Å². The highest BCUT2D eigenvalue weighted by Crippen LogP contribution is 2.43. The zero-order chi connectivity index (χ0) is 11.8. The summed E-state index contributed by atoms with van der Waals surface area (Å²) in [4.78, 5) is 0. The van der Waals surface area contributed by atoms with Crippen LogP contribution in [-0.2, 0) is 0 Å². The smallest absolute Gasteiger partial charge is 0.0453 e. The van der Waals surface area contributed by atoms with E-state index in [9.17, 15) is 0 Å². The quantitative estimate of drug-likeness (QED) is 0.798. The maximum atomic E-state index is 6.22. The highest BCUT2D eigenvalue weighted by molar-refractivity contribution is 6.31. The summed E-state index contributed by atoms with van der Waals surface area (Å²) in [6, 6.07) is 9.10. The normalized spacial score (nSPS) is 32.0. The standard InChI is InChI=1S/C15H18ClN/c1-10(12-6-2-3-8-14(12)16)17-15-9-11-5-4-7-13(11)15/h2-4,6-8,10-11,13,15,17H,5,9H2,1H3/t10-,11?,13?,15?/m0/s1. The van der Waals surface area contributed by atoms with E-state index in [0.717, 1.165) is 16.9 Å². The van der Waals surface area contributed by atoms with Crippen molar-refractivity contribution >= 4 is 11.6 Å². The highest BCUT2D eigenvalue weighted by Gasteiger charge is 2.41. The monoisotopic (exact) mass is 247 g/mol. The van der Waals surface area contributed by atoms with Crippen LogP contribution in [0, 0.1) is 11.8 Å². The molecule has 0 amide bonds. The Labute approximate surface area is 108 Å². The van der Waals surface area contributed by atoms with Crippen LogP contribution in [0.4, 0.5) is 0 Å². The minimum atomic E-state index is 0.337. The Hall–Kier alpha value is -0.790. The third-order valence-electron chi connectivity index (χ3n) is 4.20. The third-order valence-corrected chi connectivity index (χ3v) is 4.54. The molecule has 1 aromatic rings. The van der Waals surface area contributed by atoms with Gasteiger partial charge in [0.05, 0.1) is 0 Å². The molecule has 0 aromatic heterocycles. The first-order chi connectivity index (χ1) is 8.25. The molecule has 2 heteroatoms. The summed E-state index contributed by atoms with van der Waals surface area (Å²) in [6.45, 7) is 2.20. The van der Waals surface area contributed by atoms with E-state index in [1.807, 2.05) is 12.1 Å². The second-order valence-corrected chi connectivity index (χ2v) is 5.66. The largest absolute Gasteiger partial charge is 0.307 e. The minimum absolute atomic E-state index is 0.337. The Morgan fingerprint density at radius 2 is 2.18 bits per heavy atom. The van der Waals surface area contributed by atoms with Crippen LogP contribution in [0.2, 0.25) is 5.02 Å². The molecule has 4 atom stereocenters. The first-order valence-electron chi connectivity index (χ1n) is 6.43. The van der Waals surface area contributed by atoms with E-state index < -0.39 is 0 Å². The van der Waals surface area contributed by atoms with Crippen molar-refractivity contribution in [3.63, 3.8) is 0 Å². The van der Waals surface area contributed by atoms with Crippen molar-refractivity contribution in [1.29, 1.82) is 0 Å². The molecule has 17 heavy (non-hydrogen) atoms. The first-order valence-corrected chi connectivity index (χ1v) is 6.80. The van der Waals surface area contributed by atoms with Gasteiger partial charge < -0.3 is 5.32 Å². The molecule has 90 valence electrons. The number of hydrogen-bond donors (Lipinski definition) is 1. The van der Waals surface area contributed by atoms with Gasteiger partial charge in [0.2, 0.25) is 0 Å². The maximum absolute atomic E-state index is 6.22. The van der Waals surface area contributed by atoms with Gasteiger partial charge in [0.15, 0.2) is 0 Å². The molecule has 0 saturated heterocycles. The minimum Gasteiger partial charge on any atom is -0.307 e. The molecule has 3 unspecified atom stereocenters. The SMILES string of the molecule is C[C@H](NC1CC2CC=CC21)c1ccccc1Cl. The van der Waals surface area contributed by atoms with Crippen molar-refractivity contribution < 1.29 is 0 Å². The fourth-order valence-corrected chi connectivity index (χ4v) is 3.44. The second kappa shape index (κ2) is 4.47. The van der Waals surface area contributed by atoms with Gasteiger partial charge in [-0.2, -0.15) is 0 Å². The number of rotatable bonds is 3. The Balaban J connectivity index is 1.66. The molecule has 1 nitrogen and oxygen atoms in total. The zero-order valence-corrected chi connectivity index (χ0v) is 10.8. The molecule has 0 heterocycles. The fraction of sp³-hybridized carbons (Fsp3) is 0.467. The lowest BCUT2D eigenvalue weighted by atomic mass is 9.71. The lowest BCUT2D eigenvalue weighted by Crippen LogP contribution is -2.48. The van der Waals surface area contributed by atoms with E-state index in [0.29, 0.717) is 12.1 Å². The van der Waals surface area contributed by atoms with Crippen molar-refractivity contribution in [2.45, 2.75) is 31.8 Å². The van der Waals surface area contributed by atoms with E-state index in [1.54, 1.807) is 0 Å². The van der Waals surface area contributed by atoms with E-state index in [4.69, 9.17) is 11.6 Å². The maximum Gasteiger partial charge on any atom is 0.0453 e. The summed E-state index contributed by atoms with van der Waals surface area (Å²) in [5.41, 5.74) is 1.21. The predicted octanol–water partition coefficient (Wildman–Crippen LogP) is 3.96. The van der Waals surface area contributed by atoms with Crippen LogP contribution in [0.5, 0.6) is 0 Å². The van der Waals surface area contributed by atoms with Gasteiger partial charge >= 0.3 is 0 Å². The molecule has 1 N–H and O–H groups in total. The first kappa shape index (κ1) is 11.3. The molecule has 1 fully saturated rings. The Morgan fingerprint density at radius 1 is 1.35 bits per heavy atom. The van der Waals surface area contributed by atoms with E-state index >= 15 is 0 Å². The summed E-state index contributed by atoms with van der Waals surface area (Å²) < 4.78 is 0. The second-order valence-electron chi connectivity index (χ2n) is 5.25. The van der Waals surface area contributed by atoms with Gasteiger partial charge in [-0.15, -0.1) is 0 Å². The van der Waals surface area contributed by atoms with Crippen molar-refractivity contribution in [3.8, 4) is 0 Å². The Kier molecular flexibility index (Phi) is 2.97. The number of fused-ring (bicyclic) bond motifs is 1. The third kappa shape index (κ3) is 2.02. The van der Waals surface area contributed by atoms with Crippen molar-refractivity contribution in [2.24, 2.45) is 11.8 Å². The Bertz CT molecular complexity index is 440. The van der Waals surface area contributed by atoms with Gasteiger partial charge in [-0.05, 0) is 43.2 Å². The van der Waals surface area contributed by atoms with Crippen LogP contribution < -0.4 is 5.32 Å². The summed E-state index contributed by atoms with van der Waals surface area (Å²) >= 11 is 6.22. The molecule has 0 bridgehead atoms. The number of halogens is 1. The summed E-state index contributed by atoms with van der Waals surface area (Å²) in [6.07, 6.45) is 7.30. The van der Waals surface area contributed by atoms with Gasteiger partial charge in [0, 0.05) is 17.1 Å². The van der Waals surface area contributed by atoms with E-state index in [2.05, 4.69) is 36.5 Å². The number of nitrogens with one attached hydrogen (secondary N) is 1. The molecular weight excluding hydrogens is 230 g/mol. The summed E-state index contributed by atoms with van der Waals surface area (Å²) in [7, 11) is 0. The predicted molar refractivity (Wildman–Crippen MR) is 72.1 cm³/mol. The molecule has 3 rings (SSSR count). The average molecular weight is 248 g/mol.